The summed E-state index contributed by atoms with van der Waals surface area (Å²) in [6.45, 7) is 11.5. The van der Waals surface area contributed by atoms with Crippen molar-refractivity contribution in [3.63, 3.8) is 0 Å². The van der Waals surface area contributed by atoms with Gasteiger partial charge in [-0.1, -0.05) is 21.3 Å². The Morgan fingerprint density at radius 3 is 1.40 bits per heavy atom. The molecule has 0 unspecified atom stereocenters. The first-order valence-corrected chi connectivity index (χ1v) is 2.95. The zero-order valence-electron chi connectivity index (χ0n) is 6.94. The van der Waals surface area contributed by atoms with Gasteiger partial charge in [0.1, 0.15) is 0 Å². The van der Waals surface area contributed by atoms with E-state index in [1.165, 1.54) is 0 Å². The molecule has 0 heterocycles. The third-order valence-corrected chi connectivity index (χ3v) is 0.408. The largest absolute Gasteiger partial charge is 0.501 e. The molecule has 0 saturated carbocycles. The molecule has 0 nitrogen and oxygen atoms in total. The molecular formula is C9H20Y-2. The van der Waals surface area contributed by atoms with Crippen LogP contribution >= 0.6 is 0 Å². The molecule has 1 heteroatoms. The zero-order valence-corrected chi connectivity index (χ0v) is 9.78. The fourth-order valence-corrected chi connectivity index (χ4v) is 0. The van der Waals surface area contributed by atoms with Gasteiger partial charge < -0.3 is 12.5 Å². The van der Waals surface area contributed by atoms with E-state index in [2.05, 4.69) is 12.7 Å². The fourth-order valence-electron chi connectivity index (χ4n) is 0. The van der Waals surface area contributed by atoms with Gasteiger partial charge in [-0.2, -0.15) is 19.8 Å². The van der Waals surface area contributed by atoms with E-state index >= 15 is 0 Å². The molecule has 0 N–H and O–H groups in total. The summed E-state index contributed by atoms with van der Waals surface area (Å²) in [4.78, 5) is 0. The van der Waals surface area contributed by atoms with Gasteiger partial charge in [-0.15, -0.1) is 0 Å². The van der Waals surface area contributed by atoms with Crippen molar-refractivity contribution >= 4 is 0 Å². The Bertz CT molecular complexity index is 40.0. The molecule has 0 saturated heterocycles. The quantitative estimate of drug-likeness (QED) is 0.590. The van der Waals surface area contributed by atoms with Crippen molar-refractivity contribution in [1.29, 1.82) is 0 Å². The van der Waals surface area contributed by atoms with E-state index in [-0.39, 0.29) is 40.1 Å². The van der Waals surface area contributed by atoms with Crippen molar-refractivity contribution in [2.75, 3.05) is 0 Å². The third-order valence-electron chi connectivity index (χ3n) is 0.408. The molecule has 0 atom stereocenters. The second-order valence-electron chi connectivity index (χ2n) is 1.94. The van der Waals surface area contributed by atoms with Crippen LogP contribution in [0.1, 0.15) is 35.1 Å². The van der Waals surface area contributed by atoms with Gasteiger partial charge in [-0.05, 0) is 0 Å². The molecule has 0 aromatic heterocycles. The van der Waals surface area contributed by atoms with Crippen LogP contribution in [0.15, 0.2) is 6.58 Å². The average molecular weight is 217 g/mol. The standard InChI is InChI=1S/C5H9.C3H7.CH4.Y/c1-4-5(2)3;1-3-2;;/h5H,1H2,2-3H3;3H,1-2H3;1H4;/q2*-1;;. The molecule has 0 aliphatic heterocycles. The van der Waals surface area contributed by atoms with Crippen molar-refractivity contribution in [1.82, 2.24) is 0 Å². The van der Waals surface area contributed by atoms with E-state index in [1.54, 1.807) is 0 Å². The van der Waals surface area contributed by atoms with Crippen LogP contribution < -0.4 is 0 Å². The maximum Gasteiger partial charge on any atom is 0 e. The molecule has 10 heavy (non-hydrogen) atoms. The SMILES string of the molecule is C.C=[C-]C(C)C.C[CH-]C.[Y]. The van der Waals surface area contributed by atoms with Crippen LogP contribution in [0.4, 0.5) is 0 Å². The van der Waals surface area contributed by atoms with Crippen LogP contribution in [0.5, 0.6) is 0 Å². The van der Waals surface area contributed by atoms with Gasteiger partial charge in [0.2, 0.25) is 0 Å². The van der Waals surface area contributed by atoms with Gasteiger partial charge >= 0.3 is 0 Å². The van der Waals surface area contributed by atoms with E-state index in [9.17, 15) is 0 Å². The summed E-state index contributed by atoms with van der Waals surface area (Å²) >= 11 is 0. The topological polar surface area (TPSA) is 0 Å². The summed E-state index contributed by atoms with van der Waals surface area (Å²) in [7, 11) is 0. The summed E-state index contributed by atoms with van der Waals surface area (Å²) in [5.74, 6) is 0.523. The van der Waals surface area contributed by atoms with Gasteiger partial charge in [-0.25, -0.2) is 0 Å². The molecule has 0 aliphatic carbocycles. The summed E-state index contributed by atoms with van der Waals surface area (Å²) < 4.78 is 0. The first-order valence-electron chi connectivity index (χ1n) is 2.95. The Balaban J connectivity index is -0.0000000326. The van der Waals surface area contributed by atoms with Crippen molar-refractivity contribution in [3.05, 3.63) is 19.1 Å². The number of hydrogen-bond donors (Lipinski definition) is 0. The molecule has 0 aromatic carbocycles. The van der Waals surface area contributed by atoms with E-state index < -0.39 is 0 Å². The molecule has 0 fully saturated rings. The molecular weight excluding hydrogens is 197 g/mol. The molecule has 0 spiro atoms. The minimum absolute atomic E-state index is 0. The molecule has 0 amide bonds. The van der Waals surface area contributed by atoms with Crippen molar-refractivity contribution in [2.45, 2.75) is 35.1 Å². The monoisotopic (exact) mass is 217 g/mol. The second-order valence-corrected chi connectivity index (χ2v) is 1.94. The predicted octanol–water partition coefficient (Wildman–Crippen LogP) is 3.50. The molecule has 0 bridgehead atoms. The molecule has 1 radical (unpaired) electrons. The van der Waals surface area contributed by atoms with Gasteiger partial charge in [0.05, 0.1) is 0 Å². The molecule has 0 rings (SSSR count). The molecule has 0 aromatic rings. The zero-order chi connectivity index (χ0) is 6.99. The second kappa shape index (κ2) is 22.5. The minimum Gasteiger partial charge on any atom is -0.501 e. The summed E-state index contributed by atoms with van der Waals surface area (Å²) in [6.07, 6.45) is 4.78. The van der Waals surface area contributed by atoms with Gasteiger partial charge in [-0.3, -0.25) is 6.58 Å². The van der Waals surface area contributed by atoms with Crippen LogP contribution in [0, 0.1) is 18.4 Å². The number of rotatable bonds is 1. The fraction of sp³-hybridized carbons (Fsp3) is 0.667. The normalized spacial score (nSPS) is 6.10. The van der Waals surface area contributed by atoms with Gasteiger partial charge in [0.15, 0.2) is 0 Å². The van der Waals surface area contributed by atoms with Crippen LogP contribution in [0.3, 0.4) is 0 Å². The van der Waals surface area contributed by atoms with E-state index in [0.717, 1.165) is 0 Å². The summed E-state index contributed by atoms with van der Waals surface area (Å²) in [5, 5.41) is 0. The van der Waals surface area contributed by atoms with Crippen LogP contribution in [-0.2, 0) is 32.7 Å². The number of allylic oxidation sites excluding steroid dienone is 1. The molecule has 0 aliphatic rings. The van der Waals surface area contributed by atoms with Crippen molar-refractivity contribution in [3.8, 4) is 0 Å². The Hall–Kier alpha value is 0.844. The summed E-state index contributed by atoms with van der Waals surface area (Å²) in [6, 6.07) is 0. The molecule has 61 valence electrons. The van der Waals surface area contributed by atoms with Gasteiger partial charge in [0, 0.05) is 32.7 Å². The Kier molecular flexibility index (Phi) is 50.6. The minimum atomic E-state index is 0. The summed E-state index contributed by atoms with van der Waals surface area (Å²) in [5.41, 5.74) is 0. The van der Waals surface area contributed by atoms with E-state index in [0.29, 0.717) is 5.92 Å². The Labute approximate surface area is 92.4 Å². The Morgan fingerprint density at radius 1 is 1.30 bits per heavy atom. The van der Waals surface area contributed by atoms with E-state index in [4.69, 9.17) is 0 Å². The maximum atomic E-state index is 3.44. The average Bonchev–Trinajstić information content (AvgIpc) is 1.69. The van der Waals surface area contributed by atoms with Crippen molar-refractivity contribution < 1.29 is 32.7 Å². The first kappa shape index (κ1) is 22.4. The third kappa shape index (κ3) is 67.3. The van der Waals surface area contributed by atoms with Crippen molar-refractivity contribution in [2.24, 2.45) is 5.92 Å². The first-order chi connectivity index (χ1) is 3.68. The van der Waals surface area contributed by atoms with Crippen LogP contribution in [-0.4, -0.2) is 0 Å². The Morgan fingerprint density at radius 2 is 1.40 bits per heavy atom. The maximum absolute atomic E-state index is 3.44. The van der Waals surface area contributed by atoms with E-state index in [1.807, 2.05) is 34.1 Å². The van der Waals surface area contributed by atoms with Crippen LogP contribution in [0.25, 0.3) is 0 Å². The van der Waals surface area contributed by atoms with Gasteiger partial charge in [0.25, 0.3) is 0 Å². The smallest absolute Gasteiger partial charge is 0 e. The predicted molar refractivity (Wildman–Crippen MR) is 46.1 cm³/mol. The van der Waals surface area contributed by atoms with Crippen LogP contribution in [0.2, 0.25) is 0 Å². The number of hydrogen-bond acceptors (Lipinski definition) is 0.